The Balaban J connectivity index is 2.04. The second kappa shape index (κ2) is 5.16. The first kappa shape index (κ1) is 14.2. The van der Waals surface area contributed by atoms with Gasteiger partial charge in [-0.05, 0) is 53.2 Å². The van der Waals surface area contributed by atoms with Gasteiger partial charge < -0.3 is 4.42 Å². The molecule has 5 aromatic rings. The Labute approximate surface area is 150 Å². The number of pyridine rings is 1. The van der Waals surface area contributed by atoms with E-state index >= 15 is 0 Å². The molecule has 24 heavy (non-hydrogen) atoms. The van der Waals surface area contributed by atoms with Gasteiger partial charge in [0.05, 0.1) is 25.3 Å². The van der Waals surface area contributed by atoms with Crippen LogP contribution in [0.15, 0.2) is 62.8 Å². The number of para-hydroxylation sites is 1. The normalized spacial score (nSPS) is 11.8. The second-order valence-corrected chi connectivity index (χ2v) is 8.35. The third-order valence-electron chi connectivity index (χ3n) is 4.27. The highest BCUT2D eigenvalue weighted by atomic mass is 79.9. The minimum Gasteiger partial charge on any atom is -0.455 e. The molecule has 5 rings (SSSR count). The lowest BCUT2D eigenvalue weighted by Crippen LogP contribution is -1.86. The number of aryl methyl sites for hydroxylation is 1. The highest BCUT2D eigenvalue weighted by Gasteiger charge is 2.18. The maximum Gasteiger partial charge on any atom is 0.147 e. The number of aromatic nitrogens is 1. The van der Waals surface area contributed by atoms with Crippen LogP contribution in [0.25, 0.3) is 43.4 Å². The van der Waals surface area contributed by atoms with E-state index in [-0.39, 0.29) is 0 Å². The molecule has 0 saturated carbocycles. The topological polar surface area (TPSA) is 26.0 Å². The van der Waals surface area contributed by atoms with Crippen LogP contribution in [0.2, 0.25) is 0 Å². The van der Waals surface area contributed by atoms with Crippen LogP contribution in [0.4, 0.5) is 0 Å². The van der Waals surface area contributed by atoms with Crippen molar-refractivity contribution in [1.29, 1.82) is 0 Å². The van der Waals surface area contributed by atoms with Crippen molar-refractivity contribution in [2.75, 3.05) is 0 Å². The number of benzene rings is 2. The summed E-state index contributed by atoms with van der Waals surface area (Å²) >= 11 is 5.25. The average molecular weight is 394 g/mol. The van der Waals surface area contributed by atoms with E-state index in [0.29, 0.717) is 0 Å². The highest BCUT2D eigenvalue weighted by molar-refractivity contribution is 9.11. The number of hydrogen-bond donors (Lipinski definition) is 0. The summed E-state index contributed by atoms with van der Waals surface area (Å²) in [5, 5.41) is 3.28. The van der Waals surface area contributed by atoms with E-state index in [2.05, 4.69) is 59.3 Å². The monoisotopic (exact) mass is 393 g/mol. The van der Waals surface area contributed by atoms with Crippen LogP contribution in [-0.2, 0) is 0 Å². The summed E-state index contributed by atoms with van der Waals surface area (Å²) in [6.07, 6.45) is 0. The van der Waals surface area contributed by atoms with E-state index < -0.39 is 0 Å². The molecule has 0 bridgehead atoms. The summed E-state index contributed by atoms with van der Waals surface area (Å²) in [6, 6.07) is 18.7. The molecule has 116 valence electrons. The Morgan fingerprint density at radius 1 is 1.00 bits per heavy atom. The summed E-state index contributed by atoms with van der Waals surface area (Å²) in [4.78, 5) is 6.12. The maximum atomic E-state index is 6.24. The minimum absolute atomic E-state index is 0.903. The number of furan rings is 1. The third-order valence-corrected chi connectivity index (χ3v) is 5.90. The van der Waals surface area contributed by atoms with E-state index in [1.165, 1.54) is 5.56 Å². The summed E-state index contributed by atoms with van der Waals surface area (Å²) in [5.41, 5.74) is 4.98. The van der Waals surface area contributed by atoms with Crippen molar-refractivity contribution in [3.63, 3.8) is 0 Å². The van der Waals surface area contributed by atoms with Gasteiger partial charge in [-0.15, -0.1) is 11.3 Å². The molecule has 3 heterocycles. The van der Waals surface area contributed by atoms with E-state index in [9.17, 15) is 0 Å². The van der Waals surface area contributed by atoms with Gasteiger partial charge >= 0.3 is 0 Å². The van der Waals surface area contributed by atoms with Crippen LogP contribution < -0.4 is 0 Å². The fourth-order valence-corrected chi connectivity index (χ4v) is 4.58. The van der Waals surface area contributed by atoms with Crippen molar-refractivity contribution in [3.8, 4) is 10.6 Å². The Hall–Kier alpha value is -2.17. The molecular weight excluding hydrogens is 382 g/mol. The summed E-state index contributed by atoms with van der Waals surface area (Å²) in [7, 11) is 0. The lowest BCUT2D eigenvalue weighted by atomic mass is 10.1. The molecule has 0 spiro atoms. The first-order valence-electron chi connectivity index (χ1n) is 7.68. The van der Waals surface area contributed by atoms with Crippen LogP contribution in [0, 0.1) is 6.92 Å². The van der Waals surface area contributed by atoms with Crippen molar-refractivity contribution in [2.45, 2.75) is 6.92 Å². The van der Waals surface area contributed by atoms with Gasteiger partial charge in [-0.3, -0.25) is 0 Å². The number of rotatable bonds is 1. The summed E-state index contributed by atoms with van der Waals surface area (Å²) in [5.74, 6) is 0. The lowest BCUT2D eigenvalue weighted by Gasteiger charge is -2.05. The number of fused-ring (bicyclic) bond motifs is 5. The van der Waals surface area contributed by atoms with Gasteiger partial charge in [-0.2, -0.15) is 0 Å². The largest absolute Gasteiger partial charge is 0.455 e. The Morgan fingerprint density at radius 2 is 1.88 bits per heavy atom. The van der Waals surface area contributed by atoms with Crippen LogP contribution >= 0.6 is 27.3 Å². The number of halogens is 1. The molecule has 0 aliphatic carbocycles. The fraction of sp³-hybridized carbons (Fsp3) is 0.0500. The van der Waals surface area contributed by atoms with E-state index in [0.717, 1.165) is 47.2 Å². The first-order chi connectivity index (χ1) is 11.7. The van der Waals surface area contributed by atoms with Gasteiger partial charge in [0.1, 0.15) is 11.2 Å². The van der Waals surface area contributed by atoms with Gasteiger partial charge in [0.2, 0.25) is 0 Å². The molecular formula is C20H12BrNOS. The fourth-order valence-electron chi connectivity index (χ4n) is 3.20. The molecule has 4 heteroatoms. The van der Waals surface area contributed by atoms with Gasteiger partial charge in [0.15, 0.2) is 0 Å². The third kappa shape index (κ3) is 2.03. The number of hydrogen-bond acceptors (Lipinski definition) is 3. The first-order valence-corrected chi connectivity index (χ1v) is 9.29. The molecule has 0 amide bonds. The molecule has 0 radical (unpaired) electrons. The zero-order chi connectivity index (χ0) is 16.3. The second-order valence-electron chi connectivity index (χ2n) is 5.89. The predicted octanol–water partition coefficient (Wildman–Crippen LogP) is 6.93. The number of nitrogens with zero attached hydrogens (tertiary/aromatic N) is 1. The average Bonchev–Trinajstić information content (AvgIpc) is 3.18. The smallest absolute Gasteiger partial charge is 0.147 e. The molecule has 2 nitrogen and oxygen atoms in total. The predicted molar refractivity (Wildman–Crippen MR) is 105 cm³/mol. The van der Waals surface area contributed by atoms with Crippen LogP contribution in [0.1, 0.15) is 5.56 Å². The van der Waals surface area contributed by atoms with Crippen molar-refractivity contribution in [1.82, 2.24) is 4.98 Å². The molecule has 0 aliphatic rings. The number of thiophene rings is 1. The summed E-state index contributed by atoms with van der Waals surface area (Å²) in [6.45, 7) is 2.10. The van der Waals surface area contributed by atoms with Crippen molar-refractivity contribution in [3.05, 3.63) is 63.9 Å². The van der Waals surface area contributed by atoms with Crippen LogP contribution in [0.5, 0.6) is 0 Å². The molecule has 0 unspecified atom stereocenters. The SMILES string of the molecule is Cc1ccc2nc(-c3ccc(Br)s3)c3c4ccccc4oc3c2c1. The lowest BCUT2D eigenvalue weighted by molar-refractivity contribution is 0.672. The van der Waals surface area contributed by atoms with E-state index in [4.69, 9.17) is 9.40 Å². The van der Waals surface area contributed by atoms with Gasteiger partial charge in [0, 0.05) is 10.8 Å². The standard InChI is InChI=1S/C20H12BrNOS/c1-11-6-7-14-13(10-11)20-18(12-4-2-3-5-15(12)23-20)19(22-14)16-8-9-17(21)24-16/h2-10H,1H3. The van der Waals surface area contributed by atoms with E-state index in [1.54, 1.807) is 11.3 Å². The molecule has 2 aromatic carbocycles. The van der Waals surface area contributed by atoms with Crippen molar-refractivity contribution >= 4 is 60.1 Å². The van der Waals surface area contributed by atoms with Gasteiger partial charge in [-0.25, -0.2) is 4.98 Å². The maximum absolute atomic E-state index is 6.24. The molecule has 0 fully saturated rings. The zero-order valence-electron chi connectivity index (χ0n) is 12.8. The van der Waals surface area contributed by atoms with Crippen molar-refractivity contribution < 1.29 is 4.42 Å². The molecule has 0 saturated heterocycles. The quantitative estimate of drug-likeness (QED) is 0.308. The van der Waals surface area contributed by atoms with Gasteiger partial charge in [-0.1, -0.05) is 29.8 Å². The van der Waals surface area contributed by atoms with Crippen molar-refractivity contribution in [2.24, 2.45) is 0 Å². The Kier molecular flexibility index (Phi) is 3.05. The summed E-state index contributed by atoms with van der Waals surface area (Å²) < 4.78 is 7.34. The molecule has 3 aromatic heterocycles. The Bertz CT molecular complexity index is 1230. The minimum atomic E-state index is 0.903. The molecule has 0 atom stereocenters. The molecule has 0 N–H and O–H groups in total. The molecule has 0 aliphatic heterocycles. The van der Waals surface area contributed by atoms with E-state index in [1.807, 2.05) is 18.2 Å². The Morgan fingerprint density at radius 3 is 2.71 bits per heavy atom. The highest BCUT2D eigenvalue weighted by Crippen LogP contribution is 2.41. The van der Waals surface area contributed by atoms with Crippen LogP contribution in [-0.4, -0.2) is 4.98 Å². The zero-order valence-corrected chi connectivity index (χ0v) is 15.2. The van der Waals surface area contributed by atoms with Gasteiger partial charge in [0.25, 0.3) is 0 Å². The van der Waals surface area contributed by atoms with Crippen LogP contribution in [0.3, 0.4) is 0 Å².